The van der Waals surface area contributed by atoms with Crippen LogP contribution in [-0.2, 0) is 4.79 Å². The van der Waals surface area contributed by atoms with Crippen molar-refractivity contribution < 1.29 is 15.0 Å². The highest BCUT2D eigenvalue weighted by Gasteiger charge is 2.18. The Bertz CT molecular complexity index is 1250. The summed E-state index contributed by atoms with van der Waals surface area (Å²) in [7, 11) is 0. The highest BCUT2D eigenvalue weighted by atomic mass is 16.3. The molecule has 0 aromatic carbocycles. The minimum absolute atomic E-state index is 0.0692. The molecule has 0 radical (unpaired) electrons. The highest BCUT2D eigenvalue weighted by Crippen LogP contribution is 2.18. The Labute approximate surface area is 457 Å². The zero-order valence-electron chi connectivity index (χ0n) is 49.2. The van der Waals surface area contributed by atoms with E-state index in [1.807, 2.05) is 6.08 Å². The second kappa shape index (κ2) is 64.1. The van der Waals surface area contributed by atoms with Crippen molar-refractivity contribution in [2.75, 3.05) is 6.61 Å². The van der Waals surface area contributed by atoms with Crippen molar-refractivity contribution in [2.24, 2.45) is 0 Å². The maximum atomic E-state index is 12.5. The molecule has 0 aliphatic carbocycles. The lowest BCUT2D eigenvalue weighted by molar-refractivity contribution is -0.123. The quantitative estimate of drug-likeness (QED) is 0.0420. The highest BCUT2D eigenvalue weighted by molar-refractivity contribution is 5.76. The number of amides is 1. The van der Waals surface area contributed by atoms with Crippen LogP contribution in [0.2, 0.25) is 0 Å². The van der Waals surface area contributed by atoms with Gasteiger partial charge in [-0.15, -0.1) is 0 Å². The smallest absolute Gasteiger partial charge is 0.220 e. The predicted octanol–water partition coefficient (Wildman–Crippen LogP) is 22.1. The number of rotatable bonds is 60. The van der Waals surface area contributed by atoms with E-state index < -0.39 is 12.1 Å². The molecule has 1 amide bonds. The molecular formula is C69H127NO3. The number of hydrogen-bond acceptors (Lipinski definition) is 3. The first-order valence-electron chi connectivity index (χ1n) is 32.7. The molecule has 4 heteroatoms. The third-order valence-corrected chi connectivity index (χ3v) is 14.9. The molecule has 3 N–H and O–H groups in total. The van der Waals surface area contributed by atoms with Crippen LogP contribution in [0.1, 0.15) is 341 Å². The van der Waals surface area contributed by atoms with Crippen LogP contribution in [0.15, 0.2) is 72.9 Å². The normalized spacial score (nSPS) is 13.2. The second-order valence-electron chi connectivity index (χ2n) is 22.1. The zero-order chi connectivity index (χ0) is 52.7. The Morgan fingerprint density at radius 3 is 0.959 bits per heavy atom. The lowest BCUT2D eigenvalue weighted by atomic mass is 10.0. The molecule has 0 spiro atoms. The number of allylic oxidation sites excluding steroid dienone is 11. The summed E-state index contributed by atoms with van der Waals surface area (Å²) in [4.78, 5) is 12.5. The van der Waals surface area contributed by atoms with Gasteiger partial charge in [0.1, 0.15) is 0 Å². The van der Waals surface area contributed by atoms with Crippen molar-refractivity contribution in [3.8, 4) is 0 Å². The monoisotopic (exact) mass is 1020 g/mol. The van der Waals surface area contributed by atoms with E-state index in [1.165, 1.54) is 263 Å². The molecule has 0 saturated heterocycles. The number of carbonyl (C=O) groups is 1. The summed E-state index contributed by atoms with van der Waals surface area (Å²) in [6.07, 6.45) is 92.6. The minimum atomic E-state index is -0.865. The summed E-state index contributed by atoms with van der Waals surface area (Å²) in [6, 6.07) is -0.642. The van der Waals surface area contributed by atoms with Gasteiger partial charge in [-0.3, -0.25) is 4.79 Å². The fraction of sp³-hybridized carbons (Fsp3) is 0.812. The first-order valence-corrected chi connectivity index (χ1v) is 32.7. The molecule has 0 aliphatic heterocycles. The van der Waals surface area contributed by atoms with E-state index in [4.69, 9.17) is 0 Å². The van der Waals surface area contributed by atoms with Crippen LogP contribution in [0.4, 0.5) is 0 Å². The van der Waals surface area contributed by atoms with Crippen LogP contribution < -0.4 is 5.32 Å². The van der Waals surface area contributed by atoms with Gasteiger partial charge < -0.3 is 15.5 Å². The fourth-order valence-corrected chi connectivity index (χ4v) is 10.0. The molecule has 0 aromatic rings. The molecule has 4 nitrogen and oxygen atoms in total. The van der Waals surface area contributed by atoms with Crippen molar-refractivity contribution in [3.63, 3.8) is 0 Å². The number of aliphatic hydroxyl groups excluding tert-OH is 2. The van der Waals surface area contributed by atoms with Crippen LogP contribution in [0.3, 0.4) is 0 Å². The number of aliphatic hydroxyl groups is 2. The molecule has 426 valence electrons. The van der Waals surface area contributed by atoms with Crippen LogP contribution in [-0.4, -0.2) is 34.9 Å². The van der Waals surface area contributed by atoms with Gasteiger partial charge >= 0.3 is 0 Å². The van der Waals surface area contributed by atoms with Gasteiger partial charge in [0.2, 0.25) is 5.91 Å². The molecule has 2 atom stereocenters. The standard InChI is InChI=1S/C69H127NO3/c1-3-5-7-9-11-13-15-17-19-21-23-25-27-29-31-33-34-35-36-37-39-41-43-45-47-49-51-53-55-57-59-61-63-65-69(73)70-67(66-71)68(72)64-62-60-58-56-54-52-50-48-46-44-42-40-38-32-30-28-26-24-22-20-18-16-14-12-10-8-6-4-2/h5,7,11,13,17,19,23,25,54,56,62,64,67-68,71-72H,3-4,6,8-10,12,14-16,18,20-22,24,26-53,55,57-61,63,65-66H2,1-2H3,(H,70,73)/b7-5-,13-11-,19-17-,25-23-,56-54+,64-62+. The lowest BCUT2D eigenvalue weighted by Crippen LogP contribution is -2.45. The molecule has 0 rings (SSSR count). The maximum absolute atomic E-state index is 12.5. The van der Waals surface area contributed by atoms with Gasteiger partial charge in [-0.05, 0) is 70.6 Å². The third-order valence-electron chi connectivity index (χ3n) is 14.9. The first-order chi connectivity index (χ1) is 36.2. The van der Waals surface area contributed by atoms with Gasteiger partial charge in [0.25, 0.3) is 0 Å². The zero-order valence-corrected chi connectivity index (χ0v) is 49.2. The maximum Gasteiger partial charge on any atom is 0.220 e. The topological polar surface area (TPSA) is 69.6 Å². The van der Waals surface area contributed by atoms with Crippen molar-refractivity contribution in [3.05, 3.63) is 72.9 Å². The summed E-state index contributed by atoms with van der Waals surface area (Å²) in [6.45, 7) is 4.22. The molecule has 0 saturated carbocycles. The molecule has 0 bridgehead atoms. The van der Waals surface area contributed by atoms with Crippen LogP contribution in [0, 0.1) is 0 Å². The van der Waals surface area contributed by atoms with Gasteiger partial charge in [-0.2, -0.15) is 0 Å². The number of hydrogen-bond donors (Lipinski definition) is 3. The van der Waals surface area contributed by atoms with E-state index in [1.54, 1.807) is 6.08 Å². The Kier molecular flexibility index (Phi) is 62.2. The molecule has 73 heavy (non-hydrogen) atoms. The largest absolute Gasteiger partial charge is 0.394 e. The van der Waals surface area contributed by atoms with Crippen molar-refractivity contribution >= 4 is 5.91 Å². The van der Waals surface area contributed by atoms with Gasteiger partial charge in [0, 0.05) is 6.42 Å². The third kappa shape index (κ3) is 60.6. The Morgan fingerprint density at radius 2 is 0.616 bits per heavy atom. The van der Waals surface area contributed by atoms with E-state index in [0.29, 0.717) is 6.42 Å². The van der Waals surface area contributed by atoms with Crippen molar-refractivity contribution in [1.82, 2.24) is 5.32 Å². The van der Waals surface area contributed by atoms with Crippen LogP contribution in [0.25, 0.3) is 0 Å². The lowest BCUT2D eigenvalue weighted by Gasteiger charge is -2.19. The van der Waals surface area contributed by atoms with Crippen molar-refractivity contribution in [1.29, 1.82) is 0 Å². The van der Waals surface area contributed by atoms with Gasteiger partial charge in [0.05, 0.1) is 18.8 Å². The van der Waals surface area contributed by atoms with E-state index in [9.17, 15) is 15.0 Å². The Morgan fingerprint density at radius 1 is 0.342 bits per heavy atom. The SMILES string of the molecule is CC/C=C\C/C=C\C/C=C\C/C=C\CCCCCCCCCCCCCCCCCCCCCCC(=O)NC(CO)C(O)/C=C/CC/C=C/CCCCCCCCCCCCCCCCCCCCCCCC. The van der Waals surface area contributed by atoms with Gasteiger partial charge in [-0.1, -0.05) is 337 Å². The summed E-state index contributed by atoms with van der Waals surface area (Å²) in [5.41, 5.74) is 0. The number of unbranched alkanes of at least 4 members (excludes halogenated alkanes) is 43. The Hall–Kier alpha value is -2.17. The van der Waals surface area contributed by atoms with E-state index >= 15 is 0 Å². The summed E-state index contributed by atoms with van der Waals surface area (Å²) in [5, 5.41) is 23.2. The number of nitrogens with one attached hydrogen (secondary N) is 1. The molecule has 0 aliphatic rings. The van der Waals surface area contributed by atoms with Gasteiger partial charge in [0.15, 0.2) is 0 Å². The van der Waals surface area contributed by atoms with Crippen LogP contribution >= 0.6 is 0 Å². The van der Waals surface area contributed by atoms with E-state index in [-0.39, 0.29) is 12.5 Å². The van der Waals surface area contributed by atoms with Crippen molar-refractivity contribution in [2.45, 2.75) is 353 Å². The molecule has 0 aromatic heterocycles. The summed E-state index contributed by atoms with van der Waals surface area (Å²) in [5.74, 6) is -0.0692. The number of carbonyl (C=O) groups excluding carboxylic acids is 1. The predicted molar refractivity (Wildman–Crippen MR) is 327 cm³/mol. The minimum Gasteiger partial charge on any atom is -0.394 e. The molecular weight excluding hydrogens is 891 g/mol. The van der Waals surface area contributed by atoms with Gasteiger partial charge in [-0.25, -0.2) is 0 Å². The fourth-order valence-electron chi connectivity index (χ4n) is 10.0. The average molecular weight is 1020 g/mol. The summed E-state index contributed by atoms with van der Waals surface area (Å²) < 4.78 is 0. The van der Waals surface area contributed by atoms with E-state index in [2.05, 4.69) is 79.9 Å². The summed E-state index contributed by atoms with van der Waals surface area (Å²) >= 11 is 0. The molecule has 0 heterocycles. The second-order valence-corrected chi connectivity index (χ2v) is 22.1. The van der Waals surface area contributed by atoms with Crippen LogP contribution in [0.5, 0.6) is 0 Å². The first kappa shape index (κ1) is 70.8. The molecule has 0 fully saturated rings. The molecule has 2 unspecified atom stereocenters. The Balaban J connectivity index is 3.48. The van der Waals surface area contributed by atoms with E-state index in [0.717, 1.165) is 57.8 Å². The average Bonchev–Trinajstić information content (AvgIpc) is 3.40.